The van der Waals surface area contributed by atoms with E-state index in [4.69, 9.17) is 11.6 Å². The Morgan fingerprint density at radius 2 is 1.78 bits per heavy atom. The van der Waals surface area contributed by atoms with E-state index in [1.54, 1.807) is 25.4 Å². The minimum atomic E-state index is -0.347. The maximum Gasteiger partial charge on any atom is 0.287 e. The summed E-state index contributed by atoms with van der Waals surface area (Å²) in [5, 5.41) is 9.99. The van der Waals surface area contributed by atoms with Crippen molar-refractivity contribution < 1.29 is 4.79 Å². The monoisotopic (exact) mass is 382 g/mol. The predicted molar refractivity (Wildman–Crippen MR) is 106 cm³/mol. The molecule has 0 spiro atoms. The van der Waals surface area contributed by atoms with E-state index in [1.807, 2.05) is 42.5 Å². The van der Waals surface area contributed by atoms with E-state index < -0.39 is 0 Å². The van der Waals surface area contributed by atoms with Crippen LogP contribution in [-0.2, 0) is 13.1 Å². The molecule has 0 bridgehead atoms. The Morgan fingerprint density at radius 1 is 1.07 bits per heavy atom. The molecule has 0 saturated heterocycles. The zero-order valence-electron chi connectivity index (χ0n) is 14.8. The van der Waals surface area contributed by atoms with Crippen LogP contribution in [0.2, 0.25) is 5.02 Å². The van der Waals surface area contributed by atoms with Gasteiger partial charge in [-0.15, -0.1) is 0 Å². The summed E-state index contributed by atoms with van der Waals surface area (Å²) in [7, 11) is 1.59. The molecule has 3 rings (SSSR count). The number of halogens is 1. The van der Waals surface area contributed by atoms with Crippen molar-refractivity contribution in [3.8, 4) is 0 Å². The van der Waals surface area contributed by atoms with E-state index in [0.717, 1.165) is 11.1 Å². The first-order valence-corrected chi connectivity index (χ1v) is 8.80. The van der Waals surface area contributed by atoms with Crippen LogP contribution in [0.15, 0.2) is 65.6 Å². The van der Waals surface area contributed by atoms with Gasteiger partial charge in [-0.3, -0.25) is 9.59 Å². The average Bonchev–Trinajstić information content (AvgIpc) is 2.71. The summed E-state index contributed by atoms with van der Waals surface area (Å²) in [6.07, 6.45) is 1.55. The van der Waals surface area contributed by atoms with Crippen molar-refractivity contribution in [2.24, 2.45) is 0 Å². The van der Waals surface area contributed by atoms with Crippen molar-refractivity contribution in [3.05, 3.63) is 92.9 Å². The van der Waals surface area contributed by atoms with Crippen LogP contribution >= 0.6 is 11.6 Å². The lowest BCUT2D eigenvalue weighted by atomic mass is 10.1. The van der Waals surface area contributed by atoms with Crippen LogP contribution < -0.4 is 16.2 Å². The molecular formula is C20H19ClN4O2. The van der Waals surface area contributed by atoms with Crippen LogP contribution in [0.25, 0.3) is 0 Å². The molecule has 0 unspecified atom stereocenters. The number of aromatic nitrogens is 2. The molecule has 1 heterocycles. The predicted octanol–water partition coefficient (Wildman–Crippen LogP) is 2.92. The zero-order valence-corrected chi connectivity index (χ0v) is 15.5. The van der Waals surface area contributed by atoms with Crippen molar-refractivity contribution in [1.82, 2.24) is 15.1 Å². The van der Waals surface area contributed by atoms with Gasteiger partial charge in [0.15, 0.2) is 0 Å². The number of amides is 1. The molecule has 0 aliphatic heterocycles. The molecule has 7 heteroatoms. The fraction of sp³-hybridized carbons (Fsp3) is 0.150. The summed E-state index contributed by atoms with van der Waals surface area (Å²) in [5.41, 5.74) is 2.64. The summed E-state index contributed by atoms with van der Waals surface area (Å²) in [6, 6.07) is 16.8. The van der Waals surface area contributed by atoms with Gasteiger partial charge in [0.2, 0.25) is 0 Å². The van der Waals surface area contributed by atoms with E-state index in [2.05, 4.69) is 15.7 Å². The Labute approximate surface area is 161 Å². The van der Waals surface area contributed by atoms with Gasteiger partial charge in [0.25, 0.3) is 11.5 Å². The molecule has 0 saturated carbocycles. The van der Waals surface area contributed by atoms with Gasteiger partial charge < -0.3 is 10.6 Å². The number of carbonyl (C=O) groups excluding carboxylic acids is 1. The maximum atomic E-state index is 12.4. The number of carbonyl (C=O) groups is 1. The minimum absolute atomic E-state index is 0.0999. The highest BCUT2D eigenvalue weighted by Gasteiger charge is 2.10. The molecule has 138 valence electrons. The lowest BCUT2D eigenvalue weighted by Gasteiger charge is -2.11. The van der Waals surface area contributed by atoms with Crippen LogP contribution in [0.3, 0.4) is 0 Å². The second-order valence-corrected chi connectivity index (χ2v) is 6.33. The molecular weight excluding hydrogens is 364 g/mol. The first kappa shape index (κ1) is 18.7. The molecule has 2 aromatic carbocycles. The summed E-state index contributed by atoms with van der Waals surface area (Å²) >= 11 is 6.23. The zero-order chi connectivity index (χ0) is 19.2. The minimum Gasteiger partial charge on any atom is -0.378 e. The van der Waals surface area contributed by atoms with Crippen molar-refractivity contribution in [2.75, 3.05) is 12.4 Å². The summed E-state index contributed by atoms with van der Waals surface area (Å²) < 4.78 is 1.33. The first-order valence-electron chi connectivity index (χ1n) is 8.43. The van der Waals surface area contributed by atoms with Crippen LogP contribution in [0, 0.1) is 0 Å². The second kappa shape index (κ2) is 8.51. The first-order chi connectivity index (χ1) is 13.1. The number of benzene rings is 2. The van der Waals surface area contributed by atoms with Crippen LogP contribution in [-0.4, -0.2) is 22.7 Å². The van der Waals surface area contributed by atoms with Gasteiger partial charge in [0.1, 0.15) is 5.02 Å². The van der Waals surface area contributed by atoms with E-state index in [9.17, 15) is 9.59 Å². The van der Waals surface area contributed by atoms with Crippen molar-refractivity contribution >= 4 is 23.2 Å². The van der Waals surface area contributed by atoms with Gasteiger partial charge in [-0.05, 0) is 23.3 Å². The SMILES string of the molecule is CNC(=O)c1ccc(CNc2cnn(Cc3ccccc3)c(=O)c2Cl)cc1. The van der Waals surface area contributed by atoms with Crippen molar-refractivity contribution in [2.45, 2.75) is 13.1 Å². The van der Waals surface area contributed by atoms with Crippen LogP contribution in [0.5, 0.6) is 0 Å². The lowest BCUT2D eigenvalue weighted by molar-refractivity contribution is 0.0963. The number of anilines is 1. The normalized spacial score (nSPS) is 10.4. The molecule has 0 atom stereocenters. The summed E-state index contributed by atoms with van der Waals surface area (Å²) in [4.78, 5) is 24.0. The van der Waals surface area contributed by atoms with E-state index in [1.165, 1.54) is 4.68 Å². The lowest BCUT2D eigenvalue weighted by Crippen LogP contribution is -2.24. The molecule has 27 heavy (non-hydrogen) atoms. The van der Waals surface area contributed by atoms with Gasteiger partial charge >= 0.3 is 0 Å². The molecule has 0 aliphatic rings. The standard InChI is InChI=1S/C20H19ClN4O2/c1-22-19(26)16-9-7-14(8-10-16)11-23-17-12-24-25(20(27)18(17)21)13-15-5-3-2-4-6-15/h2-10,12,23H,11,13H2,1H3,(H,22,26). The Bertz CT molecular complexity index is 985. The van der Waals surface area contributed by atoms with Crippen LogP contribution in [0.4, 0.5) is 5.69 Å². The summed E-state index contributed by atoms with van der Waals surface area (Å²) in [6.45, 7) is 0.818. The largest absolute Gasteiger partial charge is 0.378 e. The third-order valence-corrected chi connectivity index (χ3v) is 4.45. The molecule has 1 aromatic heterocycles. The molecule has 6 nitrogen and oxygen atoms in total. The number of hydrogen-bond acceptors (Lipinski definition) is 4. The molecule has 2 N–H and O–H groups in total. The van der Waals surface area contributed by atoms with Gasteiger partial charge in [-0.2, -0.15) is 5.10 Å². The smallest absolute Gasteiger partial charge is 0.287 e. The Morgan fingerprint density at radius 3 is 2.44 bits per heavy atom. The Kier molecular flexibility index (Phi) is 5.88. The molecule has 0 fully saturated rings. The third kappa shape index (κ3) is 4.54. The highest BCUT2D eigenvalue weighted by Crippen LogP contribution is 2.17. The highest BCUT2D eigenvalue weighted by atomic mass is 35.5. The highest BCUT2D eigenvalue weighted by molar-refractivity contribution is 6.32. The number of nitrogens with zero attached hydrogens (tertiary/aromatic N) is 2. The Balaban J connectivity index is 1.70. The van der Waals surface area contributed by atoms with E-state index >= 15 is 0 Å². The Hall–Kier alpha value is -3.12. The van der Waals surface area contributed by atoms with Gasteiger partial charge in [-0.25, -0.2) is 4.68 Å². The van der Waals surface area contributed by atoms with E-state index in [0.29, 0.717) is 24.3 Å². The topological polar surface area (TPSA) is 76.0 Å². The maximum absolute atomic E-state index is 12.4. The van der Waals surface area contributed by atoms with Crippen molar-refractivity contribution in [3.63, 3.8) is 0 Å². The molecule has 1 amide bonds. The van der Waals surface area contributed by atoms with Gasteiger partial charge in [-0.1, -0.05) is 54.1 Å². The molecule has 0 radical (unpaired) electrons. The second-order valence-electron chi connectivity index (χ2n) is 5.95. The van der Waals surface area contributed by atoms with Crippen LogP contribution in [0.1, 0.15) is 21.5 Å². The van der Waals surface area contributed by atoms with E-state index in [-0.39, 0.29) is 16.5 Å². The molecule has 0 aliphatic carbocycles. The third-order valence-electron chi connectivity index (χ3n) is 4.09. The number of nitrogens with one attached hydrogen (secondary N) is 2. The fourth-order valence-electron chi connectivity index (χ4n) is 2.57. The quantitative estimate of drug-likeness (QED) is 0.687. The van der Waals surface area contributed by atoms with Gasteiger partial charge in [0.05, 0.1) is 18.4 Å². The van der Waals surface area contributed by atoms with Gasteiger partial charge in [0, 0.05) is 19.2 Å². The number of hydrogen-bond donors (Lipinski definition) is 2. The number of rotatable bonds is 6. The summed E-state index contributed by atoms with van der Waals surface area (Å²) in [5.74, 6) is -0.135. The average molecular weight is 383 g/mol. The van der Waals surface area contributed by atoms with Crippen molar-refractivity contribution in [1.29, 1.82) is 0 Å². The molecule has 3 aromatic rings. The fourth-order valence-corrected chi connectivity index (χ4v) is 2.79.